The normalized spacial score (nSPS) is 17.0. The first-order valence-corrected chi connectivity index (χ1v) is 9.47. The van der Waals surface area contributed by atoms with E-state index in [-0.39, 0.29) is 24.4 Å². The molecule has 1 aliphatic heterocycles. The predicted molar refractivity (Wildman–Crippen MR) is 106 cm³/mol. The van der Waals surface area contributed by atoms with Crippen molar-refractivity contribution >= 4 is 34.2 Å². The number of likely N-dealkylation sites (tertiary alicyclic amines) is 1. The van der Waals surface area contributed by atoms with Gasteiger partial charge in [-0.15, -0.1) is 12.4 Å². The average Bonchev–Trinajstić information content (AvgIpc) is 2.59. The first-order valence-electron chi connectivity index (χ1n) is 8.68. The summed E-state index contributed by atoms with van der Waals surface area (Å²) in [6.45, 7) is 6.31. The quantitative estimate of drug-likeness (QED) is 0.711. The summed E-state index contributed by atoms with van der Waals surface area (Å²) in [6, 6.07) is 3.95. The number of ether oxygens (including phenoxy) is 2. The number of carbonyl (C=O) groups excluding carboxylic acids is 1. The molecule has 1 aliphatic rings. The van der Waals surface area contributed by atoms with Crippen molar-refractivity contribution in [1.82, 2.24) is 4.90 Å². The van der Waals surface area contributed by atoms with Gasteiger partial charge in [0.25, 0.3) is 0 Å². The van der Waals surface area contributed by atoms with E-state index < -0.39 is 0 Å². The topological polar surface area (TPSA) is 64.8 Å². The van der Waals surface area contributed by atoms with E-state index in [4.69, 9.17) is 15.2 Å². The van der Waals surface area contributed by atoms with Crippen LogP contribution in [0, 0.1) is 0 Å². The third kappa shape index (κ3) is 5.76. The van der Waals surface area contributed by atoms with Gasteiger partial charge < -0.3 is 20.1 Å². The molecule has 7 heteroatoms. The second kappa shape index (κ2) is 10.9. The maximum atomic E-state index is 12.7. The number of benzene rings is 1. The van der Waals surface area contributed by atoms with Crippen LogP contribution >= 0.6 is 28.3 Å². The van der Waals surface area contributed by atoms with Crippen LogP contribution in [0.1, 0.15) is 38.7 Å². The molecule has 142 valence electrons. The van der Waals surface area contributed by atoms with Gasteiger partial charge in [0.1, 0.15) is 0 Å². The standard InChI is InChI=1S/C18H27BrN2O3.ClH/c1-3-23-16-9-13(15(19)11-17(16)24-4-2)10-18(22)21-8-6-5-7-14(21)12-20;/h9,11,14H,3-8,10,12,20H2,1-2H3;1H. The van der Waals surface area contributed by atoms with Crippen LogP contribution in [0.3, 0.4) is 0 Å². The molecular formula is C18H28BrClN2O3. The van der Waals surface area contributed by atoms with Crippen molar-refractivity contribution in [1.29, 1.82) is 0 Å². The minimum Gasteiger partial charge on any atom is -0.490 e. The highest BCUT2D eigenvalue weighted by Crippen LogP contribution is 2.34. The Morgan fingerprint density at radius 1 is 1.24 bits per heavy atom. The second-order valence-electron chi connectivity index (χ2n) is 5.91. The smallest absolute Gasteiger partial charge is 0.227 e. The maximum Gasteiger partial charge on any atom is 0.227 e. The van der Waals surface area contributed by atoms with E-state index in [1.165, 1.54) is 0 Å². The summed E-state index contributed by atoms with van der Waals surface area (Å²) in [6.07, 6.45) is 3.53. The molecule has 0 aliphatic carbocycles. The average molecular weight is 436 g/mol. The van der Waals surface area contributed by atoms with Crippen molar-refractivity contribution in [3.63, 3.8) is 0 Å². The van der Waals surface area contributed by atoms with Crippen LogP contribution in [0.5, 0.6) is 11.5 Å². The number of nitrogens with two attached hydrogens (primary N) is 1. The highest BCUT2D eigenvalue weighted by atomic mass is 79.9. The van der Waals surface area contributed by atoms with Gasteiger partial charge in [-0.05, 0) is 50.8 Å². The van der Waals surface area contributed by atoms with Crippen LogP contribution in [0.4, 0.5) is 0 Å². The molecule has 2 rings (SSSR count). The van der Waals surface area contributed by atoms with Crippen LogP contribution in [0.15, 0.2) is 16.6 Å². The number of amides is 1. The van der Waals surface area contributed by atoms with Gasteiger partial charge in [0.2, 0.25) is 5.91 Å². The van der Waals surface area contributed by atoms with Gasteiger partial charge in [0.05, 0.1) is 19.6 Å². The zero-order valence-electron chi connectivity index (χ0n) is 14.9. The van der Waals surface area contributed by atoms with Crippen LogP contribution in [-0.4, -0.2) is 43.2 Å². The first kappa shape index (κ1) is 22.1. The van der Waals surface area contributed by atoms with Crippen LogP contribution in [0.25, 0.3) is 0 Å². The minimum atomic E-state index is 0. The van der Waals surface area contributed by atoms with E-state index in [1.54, 1.807) is 0 Å². The number of piperidine rings is 1. The molecule has 1 unspecified atom stereocenters. The summed E-state index contributed by atoms with van der Waals surface area (Å²) in [5.41, 5.74) is 6.74. The molecule has 1 amide bonds. The third-order valence-corrected chi connectivity index (χ3v) is 5.01. The second-order valence-corrected chi connectivity index (χ2v) is 6.76. The molecule has 0 saturated carbocycles. The van der Waals surface area contributed by atoms with Gasteiger partial charge in [-0.25, -0.2) is 0 Å². The molecule has 5 nitrogen and oxygen atoms in total. The monoisotopic (exact) mass is 434 g/mol. The molecule has 25 heavy (non-hydrogen) atoms. The summed E-state index contributed by atoms with van der Waals surface area (Å²) >= 11 is 3.56. The summed E-state index contributed by atoms with van der Waals surface area (Å²) in [4.78, 5) is 14.7. The lowest BCUT2D eigenvalue weighted by atomic mass is 10.0. The molecule has 2 N–H and O–H groups in total. The first-order chi connectivity index (χ1) is 11.6. The van der Waals surface area contributed by atoms with Gasteiger partial charge >= 0.3 is 0 Å². The number of nitrogens with zero attached hydrogens (tertiary/aromatic N) is 1. The van der Waals surface area contributed by atoms with Crippen LogP contribution in [0.2, 0.25) is 0 Å². The van der Waals surface area contributed by atoms with Gasteiger partial charge in [0, 0.05) is 23.6 Å². The minimum absolute atomic E-state index is 0. The van der Waals surface area contributed by atoms with E-state index in [1.807, 2.05) is 30.9 Å². The Morgan fingerprint density at radius 3 is 2.48 bits per heavy atom. The van der Waals surface area contributed by atoms with Crippen molar-refractivity contribution in [3.8, 4) is 11.5 Å². The fraction of sp³-hybridized carbons (Fsp3) is 0.611. The highest BCUT2D eigenvalue weighted by molar-refractivity contribution is 9.10. The fourth-order valence-electron chi connectivity index (χ4n) is 3.09. The lowest BCUT2D eigenvalue weighted by Gasteiger charge is -2.35. The molecule has 0 bridgehead atoms. The van der Waals surface area contributed by atoms with Crippen molar-refractivity contribution in [3.05, 3.63) is 22.2 Å². The van der Waals surface area contributed by atoms with E-state index in [9.17, 15) is 4.79 Å². The molecule has 1 fully saturated rings. The summed E-state index contributed by atoms with van der Waals surface area (Å²) < 4.78 is 12.1. The van der Waals surface area contributed by atoms with Crippen LogP contribution in [-0.2, 0) is 11.2 Å². The number of rotatable bonds is 7. The van der Waals surface area contributed by atoms with Gasteiger partial charge in [0.15, 0.2) is 11.5 Å². The van der Waals surface area contributed by atoms with E-state index in [0.717, 1.165) is 35.8 Å². The molecule has 1 saturated heterocycles. The Labute approximate surface area is 164 Å². The van der Waals surface area contributed by atoms with Crippen molar-refractivity contribution < 1.29 is 14.3 Å². The van der Waals surface area contributed by atoms with E-state index in [0.29, 0.717) is 37.7 Å². The van der Waals surface area contributed by atoms with E-state index >= 15 is 0 Å². The lowest BCUT2D eigenvalue weighted by molar-refractivity contribution is -0.133. The lowest BCUT2D eigenvalue weighted by Crippen LogP contribution is -2.48. The van der Waals surface area contributed by atoms with Gasteiger partial charge in [-0.1, -0.05) is 15.9 Å². The predicted octanol–water partition coefficient (Wildman–Crippen LogP) is 3.55. The van der Waals surface area contributed by atoms with Crippen LogP contribution < -0.4 is 15.2 Å². The summed E-state index contributed by atoms with van der Waals surface area (Å²) in [7, 11) is 0. The number of hydrogen-bond acceptors (Lipinski definition) is 4. The number of halogens is 2. The van der Waals surface area contributed by atoms with E-state index in [2.05, 4.69) is 15.9 Å². The Morgan fingerprint density at radius 2 is 1.88 bits per heavy atom. The highest BCUT2D eigenvalue weighted by Gasteiger charge is 2.26. The summed E-state index contributed by atoms with van der Waals surface area (Å²) in [5, 5.41) is 0. The summed E-state index contributed by atoms with van der Waals surface area (Å²) in [5.74, 6) is 1.50. The molecule has 0 aromatic heterocycles. The molecule has 1 aromatic rings. The number of carbonyl (C=O) groups is 1. The zero-order valence-corrected chi connectivity index (χ0v) is 17.3. The Hall–Kier alpha value is -0.980. The SMILES string of the molecule is CCOc1cc(Br)c(CC(=O)N2CCCCC2CN)cc1OCC.Cl. The van der Waals surface area contributed by atoms with Crippen molar-refractivity contribution in [2.45, 2.75) is 45.6 Å². The Kier molecular flexibility index (Phi) is 9.61. The van der Waals surface area contributed by atoms with Gasteiger partial charge in [-0.2, -0.15) is 0 Å². The van der Waals surface area contributed by atoms with Crippen molar-refractivity contribution in [2.24, 2.45) is 5.73 Å². The molecule has 0 spiro atoms. The Balaban J connectivity index is 0.00000312. The van der Waals surface area contributed by atoms with Gasteiger partial charge in [-0.3, -0.25) is 4.79 Å². The molecule has 1 heterocycles. The zero-order chi connectivity index (χ0) is 17.5. The molecule has 0 radical (unpaired) electrons. The number of hydrogen-bond donors (Lipinski definition) is 1. The molecule has 1 atom stereocenters. The maximum absolute atomic E-state index is 12.7. The molecule has 1 aromatic carbocycles. The molecular weight excluding hydrogens is 408 g/mol. The van der Waals surface area contributed by atoms with Crippen molar-refractivity contribution in [2.75, 3.05) is 26.3 Å². The Bertz CT molecular complexity index is 571. The fourth-order valence-corrected chi connectivity index (χ4v) is 3.55. The third-order valence-electron chi connectivity index (χ3n) is 4.27. The largest absolute Gasteiger partial charge is 0.490 e.